The van der Waals surface area contributed by atoms with Gasteiger partial charge in [-0.3, -0.25) is 28.6 Å². The number of hydrogen-bond acceptors (Lipinski definition) is 7. The minimum Gasteiger partial charge on any atom is -0.481 e. The predicted molar refractivity (Wildman–Crippen MR) is 94.9 cm³/mol. The number of rotatable bonds is 10. The van der Waals surface area contributed by atoms with E-state index in [4.69, 9.17) is 20.5 Å². The summed E-state index contributed by atoms with van der Waals surface area (Å²) in [6.07, 6.45) is -1.60. The number of carboxylic acids is 2. The molecule has 1 aromatic rings. The van der Waals surface area contributed by atoms with Crippen molar-refractivity contribution in [3.63, 3.8) is 0 Å². The topological polar surface area (TPSA) is 185 Å². The molecule has 2 unspecified atom stereocenters. The van der Waals surface area contributed by atoms with Gasteiger partial charge in [0.05, 0.1) is 36.4 Å². The number of hydrogen-bond donors (Lipinski definition) is 4. The molecular weight excluding hydrogens is 395 g/mol. The molecule has 2 atom stereocenters. The molecule has 5 N–H and O–H groups in total. The Labute approximate surface area is 159 Å². The fourth-order valence-corrected chi connectivity index (χ4v) is 4.08. The standard InChI is InChI=1S/C16H19N2O9P/c17-10-2-3-11-12(7-10)15(22)18(14(11)21)5-6-27-28(25,26)8-9(16(23)24)1-4-13(19)20/h2-3,7,9H,1,4-6,8,17H2,(H,19,20)(H,23,24)(H,25,26). The fourth-order valence-electron chi connectivity index (χ4n) is 2.71. The van der Waals surface area contributed by atoms with Gasteiger partial charge in [0, 0.05) is 12.1 Å². The van der Waals surface area contributed by atoms with Crippen molar-refractivity contribution >= 4 is 37.0 Å². The molecule has 2 rings (SSSR count). The molecule has 1 aliphatic heterocycles. The third kappa shape index (κ3) is 5.16. The van der Waals surface area contributed by atoms with Crippen molar-refractivity contribution in [3.05, 3.63) is 29.3 Å². The van der Waals surface area contributed by atoms with Crippen molar-refractivity contribution < 1.29 is 43.4 Å². The number of fused-ring (bicyclic) bond motifs is 1. The summed E-state index contributed by atoms with van der Waals surface area (Å²) in [6, 6.07) is 4.23. The highest BCUT2D eigenvalue weighted by molar-refractivity contribution is 7.52. The van der Waals surface area contributed by atoms with Crippen LogP contribution < -0.4 is 5.73 Å². The van der Waals surface area contributed by atoms with Gasteiger partial charge in [-0.05, 0) is 24.6 Å². The van der Waals surface area contributed by atoms with Crippen molar-refractivity contribution in [2.24, 2.45) is 5.92 Å². The summed E-state index contributed by atoms with van der Waals surface area (Å²) in [5.74, 6) is -5.24. The van der Waals surface area contributed by atoms with Crippen LogP contribution in [0.2, 0.25) is 0 Å². The zero-order valence-electron chi connectivity index (χ0n) is 14.6. The van der Waals surface area contributed by atoms with E-state index in [1.165, 1.54) is 18.2 Å². The third-order valence-electron chi connectivity index (χ3n) is 4.11. The lowest BCUT2D eigenvalue weighted by molar-refractivity contribution is -0.142. The molecule has 12 heteroatoms. The number of aliphatic carboxylic acids is 2. The average molecular weight is 414 g/mol. The van der Waals surface area contributed by atoms with Gasteiger partial charge in [0.1, 0.15) is 0 Å². The number of nitrogen functional groups attached to an aromatic ring is 1. The Morgan fingerprint density at radius 1 is 1.18 bits per heavy atom. The molecule has 1 aliphatic rings. The summed E-state index contributed by atoms with van der Waals surface area (Å²) < 4.78 is 16.9. The van der Waals surface area contributed by atoms with Gasteiger partial charge in [-0.2, -0.15) is 0 Å². The van der Waals surface area contributed by atoms with Crippen molar-refractivity contribution in [2.45, 2.75) is 12.8 Å². The van der Waals surface area contributed by atoms with E-state index in [0.717, 1.165) is 4.90 Å². The highest BCUT2D eigenvalue weighted by Gasteiger charge is 2.36. The summed E-state index contributed by atoms with van der Waals surface area (Å²) in [6.45, 7) is -0.802. The fraction of sp³-hybridized carbons (Fsp3) is 0.375. The Balaban J connectivity index is 1.94. The summed E-state index contributed by atoms with van der Waals surface area (Å²) >= 11 is 0. The minimum atomic E-state index is -4.38. The Bertz CT molecular complexity index is 870. The van der Waals surface area contributed by atoms with Crippen molar-refractivity contribution in [2.75, 3.05) is 25.0 Å². The van der Waals surface area contributed by atoms with Crippen LogP contribution in [0, 0.1) is 5.92 Å². The van der Waals surface area contributed by atoms with Crippen LogP contribution in [-0.2, 0) is 18.7 Å². The Morgan fingerprint density at radius 2 is 1.82 bits per heavy atom. The molecule has 152 valence electrons. The number of benzene rings is 1. The molecule has 1 aromatic carbocycles. The maximum Gasteiger partial charge on any atom is 0.329 e. The van der Waals surface area contributed by atoms with Gasteiger partial charge in [0.2, 0.25) is 0 Å². The first-order chi connectivity index (χ1) is 13.0. The minimum absolute atomic E-state index is 0.122. The van der Waals surface area contributed by atoms with Gasteiger partial charge in [-0.1, -0.05) is 0 Å². The SMILES string of the molecule is Nc1ccc2c(c1)C(=O)N(CCOP(=O)(O)CC(CCC(=O)O)C(=O)O)C2=O. The van der Waals surface area contributed by atoms with Crippen LogP contribution in [0.25, 0.3) is 0 Å². The first-order valence-corrected chi connectivity index (χ1v) is 9.95. The Hall–Kier alpha value is -2.75. The van der Waals surface area contributed by atoms with Crippen LogP contribution in [0.15, 0.2) is 18.2 Å². The second-order valence-electron chi connectivity index (χ2n) is 6.19. The zero-order chi connectivity index (χ0) is 21.1. The second kappa shape index (κ2) is 8.51. The first-order valence-electron chi connectivity index (χ1n) is 8.18. The molecule has 28 heavy (non-hydrogen) atoms. The Morgan fingerprint density at radius 3 is 2.43 bits per heavy atom. The van der Waals surface area contributed by atoms with Gasteiger partial charge < -0.3 is 25.4 Å². The monoisotopic (exact) mass is 414 g/mol. The maximum atomic E-state index is 12.3. The summed E-state index contributed by atoms with van der Waals surface area (Å²) in [7, 11) is -4.38. The zero-order valence-corrected chi connectivity index (χ0v) is 15.5. The molecule has 0 saturated carbocycles. The third-order valence-corrected chi connectivity index (χ3v) is 5.60. The lowest BCUT2D eigenvalue weighted by atomic mass is 10.1. The highest BCUT2D eigenvalue weighted by Crippen LogP contribution is 2.44. The number of carbonyl (C=O) groups is 4. The highest BCUT2D eigenvalue weighted by atomic mass is 31.2. The molecule has 0 aliphatic carbocycles. The number of nitrogens with two attached hydrogens (primary N) is 1. The van der Waals surface area contributed by atoms with Crippen LogP contribution in [-0.4, -0.2) is 63.1 Å². The molecular formula is C16H19N2O9P. The van der Waals surface area contributed by atoms with Crippen molar-refractivity contribution in [1.29, 1.82) is 0 Å². The van der Waals surface area contributed by atoms with Crippen LogP contribution >= 0.6 is 7.60 Å². The Kier molecular flexibility index (Phi) is 6.55. The van der Waals surface area contributed by atoms with Gasteiger partial charge >= 0.3 is 19.5 Å². The summed E-state index contributed by atoms with van der Waals surface area (Å²) in [5, 5.41) is 17.7. The quantitative estimate of drug-likeness (QED) is 0.240. The molecule has 0 fully saturated rings. The number of amides is 2. The average Bonchev–Trinajstić information content (AvgIpc) is 2.82. The lowest BCUT2D eigenvalue weighted by Crippen LogP contribution is -2.33. The van der Waals surface area contributed by atoms with E-state index in [1.54, 1.807) is 0 Å². The predicted octanol–water partition coefficient (Wildman–Crippen LogP) is 0.632. The number of imide groups is 1. The lowest BCUT2D eigenvalue weighted by Gasteiger charge is -2.18. The number of anilines is 1. The second-order valence-corrected chi connectivity index (χ2v) is 8.09. The first kappa shape index (κ1) is 21.5. The smallest absolute Gasteiger partial charge is 0.329 e. The van der Waals surface area contributed by atoms with Crippen LogP contribution in [0.3, 0.4) is 0 Å². The summed E-state index contributed by atoms with van der Waals surface area (Å²) in [5.41, 5.74) is 6.18. The van der Waals surface area contributed by atoms with E-state index in [1.807, 2.05) is 0 Å². The van der Waals surface area contributed by atoms with E-state index >= 15 is 0 Å². The molecule has 0 saturated heterocycles. The van der Waals surface area contributed by atoms with Gasteiger partial charge in [-0.15, -0.1) is 0 Å². The largest absolute Gasteiger partial charge is 0.481 e. The molecule has 0 radical (unpaired) electrons. The molecule has 0 aromatic heterocycles. The van der Waals surface area contributed by atoms with E-state index < -0.39 is 56.5 Å². The van der Waals surface area contributed by atoms with E-state index in [9.17, 15) is 28.6 Å². The maximum absolute atomic E-state index is 12.3. The molecule has 11 nitrogen and oxygen atoms in total. The van der Waals surface area contributed by atoms with Crippen LogP contribution in [0.1, 0.15) is 33.6 Å². The van der Waals surface area contributed by atoms with Gasteiger partial charge in [0.25, 0.3) is 11.8 Å². The van der Waals surface area contributed by atoms with Crippen LogP contribution in [0.5, 0.6) is 0 Å². The number of nitrogens with zero attached hydrogens (tertiary/aromatic N) is 1. The number of carboxylic acid groups (broad SMARTS) is 2. The number of carbonyl (C=O) groups excluding carboxylic acids is 2. The van der Waals surface area contributed by atoms with Crippen molar-refractivity contribution in [1.82, 2.24) is 4.90 Å². The normalized spacial score (nSPS) is 16.5. The molecule has 0 bridgehead atoms. The van der Waals surface area contributed by atoms with Crippen molar-refractivity contribution in [3.8, 4) is 0 Å². The summed E-state index contributed by atoms with van der Waals surface area (Å²) in [4.78, 5) is 56.8. The van der Waals surface area contributed by atoms with E-state index in [2.05, 4.69) is 0 Å². The van der Waals surface area contributed by atoms with E-state index in [-0.39, 0.29) is 24.1 Å². The van der Waals surface area contributed by atoms with E-state index in [0.29, 0.717) is 5.69 Å². The molecule has 0 spiro atoms. The van der Waals surface area contributed by atoms with Gasteiger partial charge in [0.15, 0.2) is 0 Å². The van der Waals surface area contributed by atoms with Gasteiger partial charge in [-0.25, -0.2) is 0 Å². The molecule has 1 heterocycles. The van der Waals surface area contributed by atoms with Crippen LogP contribution in [0.4, 0.5) is 5.69 Å². The molecule has 2 amide bonds.